The average Bonchev–Trinajstić information content (AvgIpc) is 3.05. The Balaban J connectivity index is 1.91. The van der Waals surface area contributed by atoms with Gasteiger partial charge in [0.25, 0.3) is 0 Å². The zero-order valence-electron chi connectivity index (χ0n) is 18.5. The minimum Gasteiger partial charge on any atom is -0.406 e. The molecule has 0 atom stereocenters. The summed E-state index contributed by atoms with van der Waals surface area (Å²) >= 11 is 6.26. The number of ether oxygens (including phenoxy) is 1. The molecule has 0 radical (unpaired) electrons. The first-order valence-electron chi connectivity index (χ1n) is 10.4. The van der Waals surface area contributed by atoms with Crippen molar-refractivity contribution < 1.29 is 36.2 Å². The molecule has 3 aromatic carbocycles. The van der Waals surface area contributed by atoms with Crippen LogP contribution in [0.15, 0.2) is 65.7 Å². The van der Waals surface area contributed by atoms with E-state index in [1.807, 2.05) is 0 Å². The second-order valence-corrected chi connectivity index (χ2v) is 8.30. The number of benzene rings is 3. The summed E-state index contributed by atoms with van der Waals surface area (Å²) in [7, 11) is 1.58. The standard InChI is InChI=1S/C24H18ClF6N3O2/c1-33-21-19(25)10-16(23(26,27)28)11-20(21)34(12-14-2-4-15(13-35)5-3-14)22(33)32-17-6-8-18(9-7-17)36-24(29,30)31/h2-11,35H,12-13H2,1H3/b32-22-. The van der Waals surface area contributed by atoms with E-state index < -0.39 is 23.9 Å². The predicted molar refractivity (Wildman–Crippen MR) is 121 cm³/mol. The van der Waals surface area contributed by atoms with Crippen molar-refractivity contribution in [3.8, 4) is 5.75 Å². The Morgan fingerprint density at radius 1 is 0.917 bits per heavy atom. The highest BCUT2D eigenvalue weighted by Gasteiger charge is 2.33. The molecule has 0 bridgehead atoms. The molecule has 4 aromatic rings. The summed E-state index contributed by atoms with van der Waals surface area (Å²) in [5.41, 5.74) is 1.36. The number of aliphatic hydroxyl groups excluding tert-OH is 1. The van der Waals surface area contributed by atoms with Crippen molar-refractivity contribution in [1.29, 1.82) is 0 Å². The third kappa shape index (κ3) is 5.52. The highest BCUT2D eigenvalue weighted by atomic mass is 35.5. The summed E-state index contributed by atoms with van der Waals surface area (Å²) in [4.78, 5) is 4.49. The van der Waals surface area contributed by atoms with Crippen molar-refractivity contribution in [2.45, 2.75) is 25.7 Å². The highest BCUT2D eigenvalue weighted by Crippen LogP contribution is 2.35. The molecule has 1 heterocycles. The number of aliphatic hydroxyl groups is 1. The maximum atomic E-state index is 13.5. The van der Waals surface area contributed by atoms with Crippen LogP contribution < -0.4 is 10.4 Å². The molecule has 190 valence electrons. The quantitative estimate of drug-likeness (QED) is 0.307. The van der Waals surface area contributed by atoms with Gasteiger partial charge in [-0.2, -0.15) is 13.2 Å². The molecule has 0 aliphatic rings. The zero-order chi connectivity index (χ0) is 26.3. The normalized spacial score (nSPS) is 13.0. The highest BCUT2D eigenvalue weighted by molar-refractivity contribution is 6.35. The van der Waals surface area contributed by atoms with Gasteiger partial charge in [0.05, 0.1) is 40.5 Å². The molecule has 0 fully saturated rings. The second kappa shape index (κ2) is 9.55. The fourth-order valence-electron chi connectivity index (χ4n) is 3.74. The topological polar surface area (TPSA) is 51.7 Å². The summed E-state index contributed by atoms with van der Waals surface area (Å²) in [5.74, 6) is -0.437. The summed E-state index contributed by atoms with van der Waals surface area (Å²) < 4.78 is 84.9. The SMILES string of the molecule is Cn1/c(=N/c2ccc(OC(F)(F)F)cc2)n(Cc2ccc(CO)cc2)c2cc(C(F)(F)F)cc(Cl)c21. The second-order valence-electron chi connectivity index (χ2n) is 7.90. The van der Waals surface area contributed by atoms with Crippen molar-refractivity contribution in [2.75, 3.05) is 0 Å². The van der Waals surface area contributed by atoms with E-state index in [1.165, 1.54) is 21.3 Å². The van der Waals surface area contributed by atoms with Gasteiger partial charge in [-0.3, -0.25) is 0 Å². The lowest BCUT2D eigenvalue weighted by molar-refractivity contribution is -0.274. The minimum absolute atomic E-state index is 0.106. The number of aromatic nitrogens is 2. The molecule has 5 nitrogen and oxygen atoms in total. The molecule has 4 rings (SSSR count). The van der Waals surface area contributed by atoms with E-state index >= 15 is 0 Å². The van der Waals surface area contributed by atoms with Gasteiger partial charge < -0.3 is 19.0 Å². The maximum absolute atomic E-state index is 13.5. The monoisotopic (exact) mass is 529 g/mol. The molecular formula is C24H18ClF6N3O2. The lowest BCUT2D eigenvalue weighted by Gasteiger charge is -2.10. The number of halogens is 7. The van der Waals surface area contributed by atoms with Crippen molar-refractivity contribution in [2.24, 2.45) is 12.0 Å². The smallest absolute Gasteiger partial charge is 0.406 e. The van der Waals surface area contributed by atoms with Gasteiger partial charge in [-0.15, -0.1) is 13.2 Å². The van der Waals surface area contributed by atoms with Crippen LogP contribution in [0.1, 0.15) is 16.7 Å². The molecule has 1 aromatic heterocycles. The van der Waals surface area contributed by atoms with Crippen LogP contribution in [0.25, 0.3) is 11.0 Å². The number of hydrogen-bond acceptors (Lipinski definition) is 3. The Kier molecular flexibility index (Phi) is 6.80. The van der Waals surface area contributed by atoms with Crippen LogP contribution in [0.5, 0.6) is 5.75 Å². The van der Waals surface area contributed by atoms with Crippen molar-refractivity contribution in [3.63, 3.8) is 0 Å². The van der Waals surface area contributed by atoms with Crippen molar-refractivity contribution >= 4 is 28.3 Å². The van der Waals surface area contributed by atoms with Crippen LogP contribution in [0.3, 0.4) is 0 Å². The number of alkyl halides is 6. The summed E-state index contributed by atoms with van der Waals surface area (Å²) in [6, 6.07) is 13.4. The number of rotatable bonds is 5. The summed E-state index contributed by atoms with van der Waals surface area (Å²) in [6.45, 7) is -0.0599. The van der Waals surface area contributed by atoms with E-state index in [1.54, 1.807) is 31.3 Å². The molecule has 0 saturated heterocycles. The van der Waals surface area contributed by atoms with E-state index in [0.717, 1.165) is 24.3 Å². The predicted octanol–water partition coefficient (Wildman–Crippen LogP) is 6.32. The van der Waals surface area contributed by atoms with Gasteiger partial charge in [0.1, 0.15) is 5.75 Å². The molecule has 0 aliphatic carbocycles. The van der Waals surface area contributed by atoms with Gasteiger partial charge in [0.15, 0.2) is 0 Å². The first-order chi connectivity index (χ1) is 16.9. The molecule has 0 saturated carbocycles. The zero-order valence-corrected chi connectivity index (χ0v) is 19.3. The fourth-order valence-corrected chi connectivity index (χ4v) is 4.08. The lowest BCUT2D eigenvalue weighted by atomic mass is 10.1. The molecule has 0 amide bonds. The van der Waals surface area contributed by atoms with E-state index in [0.29, 0.717) is 16.6 Å². The number of fused-ring (bicyclic) bond motifs is 1. The van der Waals surface area contributed by atoms with E-state index in [-0.39, 0.29) is 35.0 Å². The Hall–Kier alpha value is -3.44. The van der Waals surface area contributed by atoms with Crippen LogP contribution in [0.2, 0.25) is 5.02 Å². The Morgan fingerprint density at radius 3 is 2.08 bits per heavy atom. The average molecular weight is 530 g/mol. The van der Waals surface area contributed by atoms with Gasteiger partial charge in [0.2, 0.25) is 5.62 Å². The molecular weight excluding hydrogens is 512 g/mol. The van der Waals surface area contributed by atoms with Gasteiger partial charge in [-0.1, -0.05) is 35.9 Å². The first-order valence-corrected chi connectivity index (χ1v) is 10.8. The van der Waals surface area contributed by atoms with Crippen LogP contribution in [0.4, 0.5) is 32.0 Å². The third-order valence-electron chi connectivity index (χ3n) is 5.38. The van der Waals surface area contributed by atoms with Crippen LogP contribution in [-0.2, 0) is 26.4 Å². The molecule has 0 spiro atoms. The Labute approximate surface area is 205 Å². The molecule has 12 heteroatoms. The number of imidazole rings is 1. The van der Waals surface area contributed by atoms with Crippen LogP contribution >= 0.6 is 11.6 Å². The maximum Gasteiger partial charge on any atom is 0.573 e. The Morgan fingerprint density at radius 2 is 1.53 bits per heavy atom. The molecule has 36 heavy (non-hydrogen) atoms. The van der Waals surface area contributed by atoms with Gasteiger partial charge in [-0.25, -0.2) is 4.99 Å². The summed E-state index contributed by atoms with van der Waals surface area (Å²) in [5, 5.41) is 9.14. The van der Waals surface area contributed by atoms with Gasteiger partial charge in [0, 0.05) is 7.05 Å². The number of aryl methyl sites for hydroxylation is 1. The first kappa shape index (κ1) is 25.6. The van der Waals surface area contributed by atoms with Crippen molar-refractivity contribution in [1.82, 2.24) is 9.13 Å². The molecule has 1 N–H and O–H groups in total. The largest absolute Gasteiger partial charge is 0.573 e. The van der Waals surface area contributed by atoms with E-state index in [9.17, 15) is 31.4 Å². The van der Waals surface area contributed by atoms with Crippen LogP contribution in [0, 0.1) is 0 Å². The van der Waals surface area contributed by atoms with Gasteiger partial charge in [-0.05, 0) is 47.5 Å². The summed E-state index contributed by atoms with van der Waals surface area (Å²) in [6.07, 6.45) is -9.49. The van der Waals surface area contributed by atoms with E-state index in [4.69, 9.17) is 11.6 Å². The minimum atomic E-state index is -4.85. The molecule has 0 unspecified atom stereocenters. The molecule has 0 aliphatic heterocycles. The van der Waals surface area contributed by atoms with Crippen LogP contribution in [-0.4, -0.2) is 20.6 Å². The third-order valence-corrected chi connectivity index (χ3v) is 5.67. The van der Waals surface area contributed by atoms with E-state index in [2.05, 4.69) is 9.73 Å². The number of nitrogens with zero attached hydrogens (tertiary/aromatic N) is 3. The lowest BCUT2D eigenvalue weighted by Crippen LogP contribution is -2.24. The fraction of sp³-hybridized carbons (Fsp3) is 0.208. The van der Waals surface area contributed by atoms with Gasteiger partial charge >= 0.3 is 12.5 Å². The Bertz CT molecular complexity index is 1450. The number of hydrogen-bond donors (Lipinski definition) is 1. The van der Waals surface area contributed by atoms with Crippen molar-refractivity contribution in [3.05, 3.63) is 88.0 Å².